The fourth-order valence-corrected chi connectivity index (χ4v) is 2.13. The van der Waals surface area contributed by atoms with Crippen molar-refractivity contribution < 1.29 is 9.47 Å². The molecule has 2 rings (SSSR count). The van der Waals surface area contributed by atoms with E-state index < -0.39 is 0 Å². The Hall–Kier alpha value is -2.80. The number of benzene rings is 1. The molecule has 0 saturated carbocycles. The van der Waals surface area contributed by atoms with E-state index in [0.29, 0.717) is 17.1 Å². The first-order valence-electron chi connectivity index (χ1n) is 6.44. The van der Waals surface area contributed by atoms with Gasteiger partial charge in [0.05, 0.1) is 25.9 Å². The molecule has 2 aromatic rings. The Kier molecular flexibility index (Phi) is 4.57. The molecule has 4 heteroatoms. The Morgan fingerprint density at radius 2 is 2.10 bits per heavy atom. The lowest BCUT2D eigenvalue weighted by atomic mass is 10.0. The molecule has 0 aliphatic heterocycles. The van der Waals surface area contributed by atoms with E-state index in [1.54, 1.807) is 32.7 Å². The van der Waals surface area contributed by atoms with Crippen LogP contribution in [0.15, 0.2) is 36.7 Å². The van der Waals surface area contributed by atoms with Crippen molar-refractivity contribution in [3.05, 3.63) is 53.3 Å². The minimum atomic E-state index is 0.551. The highest BCUT2D eigenvalue weighted by molar-refractivity contribution is 5.89. The van der Waals surface area contributed by atoms with Crippen LogP contribution < -0.4 is 9.47 Å². The van der Waals surface area contributed by atoms with Crippen molar-refractivity contribution in [3.63, 3.8) is 0 Å². The lowest BCUT2D eigenvalue weighted by Crippen LogP contribution is -1.94. The first kappa shape index (κ1) is 14.6. The van der Waals surface area contributed by atoms with Crippen LogP contribution in [0.2, 0.25) is 0 Å². The van der Waals surface area contributed by atoms with Gasteiger partial charge in [0.25, 0.3) is 0 Å². The Morgan fingerprint density at radius 3 is 2.67 bits per heavy atom. The zero-order valence-corrected chi connectivity index (χ0v) is 12.3. The predicted octanol–water partition coefficient (Wildman–Crippen LogP) is 3.47. The van der Waals surface area contributed by atoms with Gasteiger partial charge in [-0.3, -0.25) is 4.98 Å². The van der Waals surface area contributed by atoms with Gasteiger partial charge in [-0.05, 0) is 42.3 Å². The number of ether oxygens (including phenoxy) is 2. The summed E-state index contributed by atoms with van der Waals surface area (Å²) in [7, 11) is 3.20. The number of rotatable bonds is 4. The van der Waals surface area contributed by atoms with Crippen molar-refractivity contribution in [1.82, 2.24) is 4.98 Å². The topological polar surface area (TPSA) is 55.1 Å². The average molecular weight is 280 g/mol. The first-order valence-corrected chi connectivity index (χ1v) is 6.44. The highest BCUT2D eigenvalue weighted by Gasteiger charge is 2.09. The summed E-state index contributed by atoms with van der Waals surface area (Å²) in [5.41, 5.74) is 3.17. The van der Waals surface area contributed by atoms with E-state index >= 15 is 0 Å². The molecular formula is C17H16N2O2. The zero-order valence-electron chi connectivity index (χ0n) is 12.3. The lowest BCUT2D eigenvalue weighted by molar-refractivity contribution is 0.353. The molecule has 106 valence electrons. The van der Waals surface area contributed by atoms with Crippen molar-refractivity contribution in [2.75, 3.05) is 14.2 Å². The molecule has 0 atom stereocenters. The summed E-state index contributed by atoms with van der Waals surface area (Å²) in [6.45, 7) is 1.94. The van der Waals surface area contributed by atoms with Crippen molar-refractivity contribution in [1.29, 1.82) is 5.26 Å². The number of nitrogens with zero attached hydrogens (tertiary/aromatic N) is 2. The molecule has 0 radical (unpaired) electrons. The minimum absolute atomic E-state index is 0.551. The van der Waals surface area contributed by atoms with Crippen LogP contribution in [0.25, 0.3) is 11.6 Å². The molecule has 1 heterocycles. The standard InChI is InChI=1S/C17H16N2O2/c1-12-7-13(9-16(20-2)17(12)21-3)8-15(10-18)14-5-4-6-19-11-14/h4-9,11H,1-3H3/b15-8+. The molecule has 4 nitrogen and oxygen atoms in total. The number of aromatic nitrogens is 1. The highest BCUT2D eigenvalue weighted by Crippen LogP contribution is 2.33. The molecule has 1 aromatic heterocycles. The average Bonchev–Trinajstić information content (AvgIpc) is 2.52. The van der Waals surface area contributed by atoms with Crippen LogP contribution in [-0.2, 0) is 0 Å². The van der Waals surface area contributed by atoms with Gasteiger partial charge in [0, 0.05) is 18.0 Å². The van der Waals surface area contributed by atoms with E-state index in [-0.39, 0.29) is 0 Å². The molecule has 0 unspecified atom stereocenters. The number of allylic oxidation sites excluding steroid dienone is 1. The first-order chi connectivity index (χ1) is 10.2. The molecule has 1 aromatic carbocycles. The van der Waals surface area contributed by atoms with Gasteiger partial charge in [0.1, 0.15) is 0 Å². The smallest absolute Gasteiger partial charge is 0.163 e. The third kappa shape index (κ3) is 3.21. The summed E-state index contributed by atoms with van der Waals surface area (Å²) in [5, 5.41) is 9.34. The fraction of sp³-hybridized carbons (Fsp3) is 0.176. The van der Waals surface area contributed by atoms with Crippen LogP contribution in [0.3, 0.4) is 0 Å². The SMILES string of the molecule is COc1cc(/C=C(\C#N)c2cccnc2)cc(C)c1OC. The van der Waals surface area contributed by atoms with Crippen LogP contribution in [0.4, 0.5) is 0 Å². The van der Waals surface area contributed by atoms with E-state index in [4.69, 9.17) is 9.47 Å². The molecule has 0 bridgehead atoms. The van der Waals surface area contributed by atoms with Gasteiger partial charge in [-0.25, -0.2) is 0 Å². The fourth-order valence-electron chi connectivity index (χ4n) is 2.13. The van der Waals surface area contributed by atoms with Crippen LogP contribution in [-0.4, -0.2) is 19.2 Å². The second-order valence-corrected chi connectivity index (χ2v) is 4.48. The maximum Gasteiger partial charge on any atom is 0.163 e. The molecule has 0 spiro atoms. The van der Waals surface area contributed by atoms with Gasteiger partial charge < -0.3 is 9.47 Å². The van der Waals surface area contributed by atoms with E-state index in [1.807, 2.05) is 31.2 Å². The largest absolute Gasteiger partial charge is 0.493 e. The second-order valence-electron chi connectivity index (χ2n) is 4.48. The number of pyridine rings is 1. The minimum Gasteiger partial charge on any atom is -0.493 e. The maximum atomic E-state index is 9.34. The summed E-state index contributed by atoms with van der Waals surface area (Å²) in [5.74, 6) is 1.35. The zero-order chi connectivity index (χ0) is 15.2. The van der Waals surface area contributed by atoms with Crippen molar-refractivity contribution in [3.8, 4) is 17.6 Å². The highest BCUT2D eigenvalue weighted by atomic mass is 16.5. The molecule has 0 aliphatic rings. The lowest BCUT2D eigenvalue weighted by Gasteiger charge is -2.11. The van der Waals surface area contributed by atoms with E-state index in [0.717, 1.165) is 16.7 Å². The number of hydrogen-bond donors (Lipinski definition) is 0. The molecule has 0 fully saturated rings. The number of nitriles is 1. The van der Waals surface area contributed by atoms with Crippen LogP contribution in [0.1, 0.15) is 16.7 Å². The van der Waals surface area contributed by atoms with E-state index in [1.165, 1.54) is 0 Å². The van der Waals surface area contributed by atoms with Gasteiger partial charge in [0.2, 0.25) is 0 Å². The molecule has 0 N–H and O–H groups in total. The predicted molar refractivity (Wildman–Crippen MR) is 82.0 cm³/mol. The Balaban J connectivity index is 2.49. The van der Waals surface area contributed by atoms with Crippen LogP contribution >= 0.6 is 0 Å². The van der Waals surface area contributed by atoms with Crippen LogP contribution in [0, 0.1) is 18.3 Å². The Labute approximate surface area is 124 Å². The quantitative estimate of drug-likeness (QED) is 0.805. The number of aryl methyl sites for hydroxylation is 1. The molecular weight excluding hydrogens is 264 g/mol. The molecule has 0 amide bonds. The molecule has 0 saturated heterocycles. The molecule has 0 aliphatic carbocycles. The van der Waals surface area contributed by atoms with Crippen molar-refractivity contribution in [2.24, 2.45) is 0 Å². The van der Waals surface area contributed by atoms with Gasteiger partial charge in [-0.2, -0.15) is 5.26 Å². The summed E-state index contributed by atoms with van der Waals surface area (Å²) in [6.07, 6.45) is 5.16. The number of methoxy groups -OCH3 is 2. The monoisotopic (exact) mass is 280 g/mol. The van der Waals surface area contributed by atoms with Gasteiger partial charge in [0.15, 0.2) is 11.5 Å². The third-order valence-corrected chi connectivity index (χ3v) is 3.09. The van der Waals surface area contributed by atoms with E-state index in [9.17, 15) is 5.26 Å². The van der Waals surface area contributed by atoms with Crippen LogP contribution in [0.5, 0.6) is 11.5 Å². The number of hydrogen-bond acceptors (Lipinski definition) is 4. The van der Waals surface area contributed by atoms with Crippen molar-refractivity contribution in [2.45, 2.75) is 6.92 Å². The molecule has 21 heavy (non-hydrogen) atoms. The summed E-state index contributed by atoms with van der Waals surface area (Å²) >= 11 is 0. The van der Waals surface area contributed by atoms with Gasteiger partial charge in [-0.15, -0.1) is 0 Å². The van der Waals surface area contributed by atoms with Gasteiger partial charge in [-0.1, -0.05) is 6.07 Å². The van der Waals surface area contributed by atoms with Gasteiger partial charge >= 0.3 is 0 Å². The summed E-state index contributed by atoms with van der Waals surface area (Å²) < 4.78 is 10.6. The summed E-state index contributed by atoms with van der Waals surface area (Å²) in [6, 6.07) is 9.66. The normalized spacial score (nSPS) is 10.9. The second kappa shape index (κ2) is 6.58. The Morgan fingerprint density at radius 1 is 1.29 bits per heavy atom. The maximum absolute atomic E-state index is 9.34. The third-order valence-electron chi connectivity index (χ3n) is 3.09. The van der Waals surface area contributed by atoms with Crippen molar-refractivity contribution >= 4 is 11.6 Å². The van der Waals surface area contributed by atoms with E-state index in [2.05, 4.69) is 11.1 Å². The Bertz CT molecular complexity index is 701. The summed E-state index contributed by atoms with van der Waals surface area (Å²) in [4.78, 5) is 4.04.